The molecule has 1 aromatic carbocycles. The summed E-state index contributed by atoms with van der Waals surface area (Å²) >= 11 is 0. The van der Waals surface area contributed by atoms with E-state index in [2.05, 4.69) is 0 Å². The number of Topliss-reactive ketones (excluding diaryl/α,β-unsaturated/α-hetero) is 1. The molecule has 0 bridgehead atoms. The van der Waals surface area contributed by atoms with Gasteiger partial charge in [0.25, 0.3) is 0 Å². The van der Waals surface area contributed by atoms with Crippen molar-refractivity contribution >= 4 is 21.7 Å². The Hall–Kier alpha value is -2.49. The minimum absolute atomic E-state index is 0.0284. The van der Waals surface area contributed by atoms with Gasteiger partial charge in [0, 0.05) is 24.7 Å². The lowest BCUT2D eigenvalue weighted by atomic mass is 9.90. The first kappa shape index (κ1) is 25.8. The van der Waals surface area contributed by atoms with Crippen molar-refractivity contribution in [3.63, 3.8) is 0 Å². The molecule has 0 radical (unpaired) electrons. The summed E-state index contributed by atoms with van der Waals surface area (Å²) in [4.78, 5) is 23.7. The molecule has 8 nitrogen and oxygen atoms in total. The molecule has 1 aliphatic rings. The number of carbonyl (C=O) groups is 2. The minimum atomic E-state index is -3.54. The van der Waals surface area contributed by atoms with Crippen LogP contribution in [0.5, 0.6) is 5.75 Å². The van der Waals surface area contributed by atoms with E-state index in [-0.39, 0.29) is 37.1 Å². The maximum Gasteiger partial charge on any atom is 0.233 e. The number of carbonyl (C=O) groups excluding carboxylic acids is 2. The maximum atomic E-state index is 12.3. The third-order valence-electron chi connectivity index (χ3n) is 5.08. The van der Waals surface area contributed by atoms with Gasteiger partial charge in [-0.25, -0.2) is 8.42 Å². The van der Waals surface area contributed by atoms with Gasteiger partial charge in [-0.05, 0) is 31.4 Å². The molecular formula is C23H31NO7S. The lowest BCUT2D eigenvalue weighted by Crippen LogP contribution is -2.28. The van der Waals surface area contributed by atoms with Gasteiger partial charge in [0.05, 0.1) is 12.4 Å². The van der Waals surface area contributed by atoms with E-state index >= 15 is 0 Å². The first-order chi connectivity index (χ1) is 15.2. The summed E-state index contributed by atoms with van der Waals surface area (Å²) in [6.07, 6.45) is 7.84. The third-order valence-corrected chi connectivity index (χ3v) is 5.68. The Morgan fingerprint density at radius 1 is 1.28 bits per heavy atom. The molecule has 1 aromatic rings. The molecule has 0 saturated heterocycles. The molecule has 0 aliphatic heterocycles. The number of nitrogens with one attached hydrogen (secondary N) is 1. The molecule has 0 spiro atoms. The summed E-state index contributed by atoms with van der Waals surface area (Å²) in [5.74, 6) is -0.700. The number of aliphatic hydroxyl groups excluding tert-OH is 2. The van der Waals surface area contributed by atoms with Crippen LogP contribution in [0.2, 0.25) is 0 Å². The van der Waals surface area contributed by atoms with Crippen molar-refractivity contribution in [1.82, 2.24) is 4.72 Å². The van der Waals surface area contributed by atoms with Crippen LogP contribution in [0.4, 0.5) is 0 Å². The number of benzene rings is 1. The van der Waals surface area contributed by atoms with Crippen LogP contribution in [0.1, 0.15) is 32.1 Å². The van der Waals surface area contributed by atoms with Gasteiger partial charge < -0.3 is 14.9 Å². The van der Waals surface area contributed by atoms with Crippen LogP contribution in [0, 0.1) is 11.8 Å². The number of para-hydroxylation sites is 1. The second-order valence-electron chi connectivity index (χ2n) is 7.89. The fourth-order valence-electron chi connectivity index (χ4n) is 3.54. The molecule has 3 N–H and O–H groups in total. The normalized spacial score (nSPS) is 22.5. The van der Waals surface area contributed by atoms with E-state index in [1.54, 1.807) is 24.3 Å². The van der Waals surface area contributed by atoms with Crippen molar-refractivity contribution in [1.29, 1.82) is 0 Å². The number of rotatable bonds is 12. The average Bonchev–Trinajstić information content (AvgIpc) is 2.99. The highest BCUT2D eigenvalue weighted by molar-refractivity contribution is 7.89. The van der Waals surface area contributed by atoms with Crippen molar-refractivity contribution < 1.29 is 33.0 Å². The van der Waals surface area contributed by atoms with Crippen molar-refractivity contribution in [2.75, 3.05) is 12.9 Å². The number of aliphatic hydroxyl groups is 2. The lowest BCUT2D eigenvalue weighted by molar-refractivity contribution is -0.121. The van der Waals surface area contributed by atoms with Crippen LogP contribution < -0.4 is 9.46 Å². The number of allylic oxidation sites excluding steroid dienone is 2. The topological polar surface area (TPSA) is 130 Å². The highest BCUT2D eigenvalue weighted by atomic mass is 32.2. The second-order valence-corrected chi connectivity index (χ2v) is 9.64. The zero-order chi connectivity index (χ0) is 23.6. The largest absolute Gasteiger partial charge is 0.491 e. The Balaban J connectivity index is 1.78. The van der Waals surface area contributed by atoms with E-state index in [0.717, 1.165) is 6.26 Å². The van der Waals surface area contributed by atoms with Crippen LogP contribution in [0.3, 0.4) is 0 Å². The molecule has 0 heterocycles. The molecule has 4 atom stereocenters. The first-order valence-corrected chi connectivity index (χ1v) is 12.5. The molecule has 0 aromatic heterocycles. The zero-order valence-electron chi connectivity index (χ0n) is 18.1. The van der Waals surface area contributed by atoms with Gasteiger partial charge in [-0.3, -0.25) is 14.3 Å². The number of hydrogen-bond acceptors (Lipinski definition) is 7. The van der Waals surface area contributed by atoms with Crippen LogP contribution in [0.25, 0.3) is 0 Å². The number of unbranched alkanes of at least 4 members (excludes halogenated alkanes) is 1. The SMILES string of the molecule is CS(=O)(=O)NC(=O)CCC/C=C\CC1C(=O)C[C@@H](O)[C@@H]1/C=C/[C@@H](O)COc1ccccc1. The number of ether oxygens (including phenoxy) is 1. The molecule has 32 heavy (non-hydrogen) atoms. The third kappa shape index (κ3) is 9.33. The van der Waals surface area contributed by atoms with Gasteiger partial charge in [-0.2, -0.15) is 0 Å². The molecule has 1 saturated carbocycles. The second kappa shape index (κ2) is 12.5. The van der Waals surface area contributed by atoms with Crippen molar-refractivity contribution in [3.8, 4) is 5.75 Å². The van der Waals surface area contributed by atoms with E-state index in [4.69, 9.17) is 4.74 Å². The molecule has 176 valence electrons. The minimum Gasteiger partial charge on any atom is -0.491 e. The number of ketones is 1. The molecular weight excluding hydrogens is 434 g/mol. The summed E-state index contributed by atoms with van der Waals surface area (Å²) in [5, 5.41) is 20.4. The molecule has 1 unspecified atom stereocenters. The Labute approximate surface area is 189 Å². The van der Waals surface area contributed by atoms with E-state index in [0.29, 0.717) is 25.0 Å². The van der Waals surface area contributed by atoms with Gasteiger partial charge in [-0.1, -0.05) is 42.5 Å². The zero-order valence-corrected chi connectivity index (χ0v) is 18.9. The number of hydrogen-bond donors (Lipinski definition) is 3. The van der Waals surface area contributed by atoms with Crippen molar-refractivity contribution in [2.45, 2.75) is 44.3 Å². The molecule has 9 heteroatoms. The summed E-state index contributed by atoms with van der Waals surface area (Å²) in [6.45, 7) is 0.0642. The Kier molecular flexibility index (Phi) is 10.1. The molecule has 2 rings (SSSR count). The standard InChI is InChI=1S/C23H31NO7S/c1-32(29,30)24-23(28)12-8-3-2-7-11-19-20(22(27)15-21(19)26)14-13-17(25)16-31-18-9-5-4-6-10-18/h2,4-7,9-10,13-14,17,19-20,22,25,27H,3,8,11-12,15-16H2,1H3,(H,24,28)/b7-2-,14-13+/t17-,19?,20-,22-/m1/s1. The van der Waals surface area contributed by atoms with Gasteiger partial charge >= 0.3 is 0 Å². The Morgan fingerprint density at radius 2 is 2.00 bits per heavy atom. The number of amides is 1. The maximum absolute atomic E-state index is 12.3. The van der Waals surface area contributed by atoms with Gasteiger partial charge in [-0.15, -0.1) is 0 Å². The molecule has 1 fully saturated rings. The summed E-state index contributed by atoms with van der Waals surface area (Å²) in [5.41, 5.74) is 0. The fraction of sp³-hybridized carbons (Fsp3) is 0.478. The Bertz CT molecular complexity index is 912. The van der Waals surface area contributed by atoms with E-state index in [9.17, 15) is 28.2 Å². The Morgan fingerprint density at radius 3 is 2.69 bits per heavy atom. The van der Waals surface area contributed by atoms with Crippen LogP contribution in [-0.4, -0.2) is 55.4 Å². The summed E-state index contributed by atoms with van der Waals surface area (Å²) in [7, 11) is -3.54. The quantitative estimate of drug-likeness (QED) is 0.317. The van der Waals surface area contributed by atoms with Crippen LogP contribution in [0.15, 0.2) is 54.6 Å². The van der Waals surface area contributed by atoms with E-state index < -0.39 is 28.1 Å². The van der Waals surface area contributed by atoms with Crippen molar-refractivity contribution in [2.24, 2.45) is 11.8 Å². The van der Waals surface area contributed by atoms with Crippen molar-refractivity contribution in [3.05, 3.63) is 54.6 Å². The first-order valence-electron chi connectivity index (χ1n) is 10.6. The monoisotopic (exact) mass is 465 g/mol. The summed E-state index contributed by atoms with van der Waals surface area (Å²) in [6, 6.07) is 9.11. The predicted octanol–water partition coefficient (Wildman–Crippen LogP) is 1.74. The highest BCUT2D eigenvalue weighted by Crippen LogP contribution is 2.33. The highest BCUT2D eigenvalue weighted by Gasteiger charge is 2.39. The fourth-order valence-corrected chi connectivity index (χ4v) is 4.05. The molecule has 1 aliphatic carbocycles. The van der Waals surface area contributed by atoms with Gasteiger partial charge in [0.15, 0.2) is 0 Å². The smallest absolute Gasteiger partial charge is 0.233 e. The van der Waals surface area contributed by atoms with Crippen LogP contribution in [-0.2, 0) is 19.6 Å². The predicted molar refractivity (Wildman–Crippen MR) is 120 cm³/mol. The number of sulfonamides is 1. The van der Waals surface area contributed by atoms with Gasteiger partial charge in [0.2, 0.25) is 15.9 Å². The van der Waals surface area contributed by atoms with Crippen LogP contribution >= 0.6 is 0 Å². The summed E-state index contributed by atoms with van der Waals surface area (Å²) < 4.78 is 29.4. The average molecular weight is 466 g/mol. The van der Waals surface area contributed by atoms with E-state index in [1.807, 2.05) is 35.1 Å². The van der Waals surface area contributed by atoms with E-state index in [1.165, 1.54) is 0 Å². The lowest BCUT2D eigenvalue weighted by Gasteiger charge is -2.17. The van der Waals surface area contributed by atoms with Gasteiger partial charge in [0.1, 0.15) is 24.2 Å². The molecule has 1 amide bonds.